The molecule has 2 aliphatic rings. The van der Waals surface area contributed by atoms with Crippen LogP contribution in [0.25, 0.3) is 77.2 Å². The SMILES string of the molecule is CC(C)c1cc(C(C)C)c(B2c3cc4c(cc3-n3c5ccc(-c6ccccc6)cc5c5cc(-c6ccccc6)cc2c53)B(c2c(C(C)C)cc(C(C)C)cc2C(C)C)c2cc(C(C)(C)C)cc3c5cc(C(C)(C)C)ccc5n-4c23)c(C(C)C)c1. The van der Waals surface area contributed by atoms with E-state index in [-0.39, 0.29) is 24.3 Å². The molecule has 0 N–H and O–H groups in total. The smallest absolute Gasteiger partial charge is 0.247 e. The number of benzene rings is 9. The van der Waals surface area contributed by atoms with E-state index < -0.39 is 0 Å². The van der Waals surface area contributed by atoms with Crippen molar-refractivity contribution in [2.24, 2.45) is 0 Å². The molecule has 2 aromatic heterocycles. The van der Waals surface area contributed by atoms with Crippen molar-refractivity contribution in [3.8, 4) is 33.6 Å². The van der Waals surface area contributed by atoms with Gasteiger partial charge >= 0.3 is 0 Å². The lowest BCUT2D eigenvalue weighted by Gasteiger charge is -2.37. The van der Waals surface area contributed by atoms with Gasteiger partial charge in [0.25, 0.3) is 0 Å². The standard InChI is InChI=1S/C80H86B2N2/c1-45(2)54-34-59(47(5)6)75(60(35-54)48(7)8)81-67-43-74-68(44-73(67)83-71-31-29-53(51-25-21-19-22-26-51)33-63(71)65-38-56(39-69(81)77(65)83)52-27-23-20-24-28-52)82(76-61(49(9)10)36-55(46(3)4)37-62(76)50(11)12)70-42-58(80(16,17)18)41-66-64-40-57(79(13,14)15)30-32-72(64)84(74)78(66)70/h19-50H,1-18H3. The minimum absolute atomic E-state index is 0.0252. The Balaban J connectivity index is 1.28. The largest absolute Gasteiger partial charge is 0.310 e. The second-order valence-corrected chi connectivity index (χ2v) is 29.3. The van der Waals surface area contributed by atoms with Crippen LogP contribution in [0.3, 0.4) is 0 Å². The van der Waals surface area contributed by atoms with E-state index in [9.17, 15) is 0 Å². The Morgan fingerprint density at radius 1 is 0.310 bits per heavy atom. The summed E-state index contributed by atoms with van der Waals surface area (Å²) in [6.45, 7) is 43.2. The average molecular weight is 1100 g/mol. The first-order valence-corrected chi connectivity index (χ1v) is 31.8. The second-order valence-electron chi connectivity index (χ2n) is 29.3. The van der Waals surface area contributed by atoms with Gasteiger partial charge in [0.1, 0.15) is 0 Å². The molecule has 2 aliphatic heterocycles. The molecule has 0 atom stereocenters. The molecule has 4 heteroatoms. The number of hydrogen-bond donors (Lipinski definition) is 0. The van der Waals surface area contributed by atoms with Crippen LogP contribution >= 0.6 is 0 Å². The highest BCUT2D eigenvalue weighted by Crippen LogP contribution is 2.43. The summed E-state index contributed by atoms with van der Waals surface area (Å²) in [4.78, 5) is 0. The molecule has 422 valence electrons. The quantitative estimate of drug-likeness (QED) is 0.121. The maximum absolute atomic E-state index is 2.74. The Hall–Kier alpha value is -7.29. The zero-order valence-corrected chi connectivity index (χ0v) is 53.5. The van der Waals surface area contributed by atoms with Gasteiger partial charge in [0.15, 0.2) is 0 Å². The van der Waals surface area contributed by atoms with Crippen LogP contribution in [0, 0.1) is 0 Å². The Bertz CT molecular complexity index is 4390. The summed E-state index contributed by atoms with van der Waals surface area (Å²) < 4.78 is 5.47. The van der Waals surface area contributed by atoms with Gasteiger partial charge in [-0.25, -0.2) is 0 Å². The lowest BCUT2D eigenvalue weighted by Crippen LogP contribution is -2.62. The average Bonchev–Trinajstić information content (AvgIpc) is 1.43. The Morgan fingerprint density at radius 3 is 1.12 bits per heavy atom. The molecule has 0 fully saturated rings. The van der Waals surface area contributed by atoms with Gasteiger partial charge in [0.05, 0.1) is 11.0 Å². The molecule has 0 saturated heterocycles. The maximum atomic E-state index is 2.74. The van der Waals surface area contributed by atoms with E-state index in [1.807, 2.05) is 0 Å². The number of nitrogens with zero attached hydrogens (tertiary/aromatic N) is 2. The van der Waals surface area contributed by atoms with Crippen molar-refractivity contribution in [3.63, 3.8) is 0 Å². The second kappa shape index (κ2) is 20.2. The Kier molecular flexibility index (Phi) is 13.4. The van der Waals surface area contributed by atoms with E-state index in [1.54, 1.807) is 0 Å². The summed E-state index contributed by atoms with van der Waals surface area (Å²) in [7, 11) is 0. The lowest BCUT2D eigenvalue weighted by molar-refractivity contribution is 0.590. The highest BCUT2D eigenvalue weighted by molar-refractivity contribution is 7.00. The van der Waals surface area contributed by atoms with Gasteiger partial charge in [0.2, 0.25) is 13.4 Å². The highest BCUT2D eigenvalue weighted by atomic mass is 15.0. The van der Waals surface area contributed by atoms with Crippen LogP contribution in [-0.2, 0) is 10.8 Å². The van der Waals surface area contributed by atoms with Crippen molar-refractivity contribution in [3.05, 3.63) is 202 Å². The van der Waals surface area contributed by atoms with Gasteiger partial charge in [-0.1, -0.05) is 245 Å². The van der Waals surface area contributed by atoms with Gasteiger partial charge in [0, 0.05) is 44.0 Å². The van der Waals surface area contributed by atoms with Gasteiger partial charge in [-0.3, -0.25) is 0 Å². The van der Waals surface area contributed by atoms with Gasteiger partial charge < -0.3 is 9.13 Å². The molecule has 11 aromatic rings. The monoisotopic (exact) mass is 1100 g/mol. The van der Waals surface area contributed by atoms with E-state index >= 15 is 0 Å². The van der Waals surface area contributed by atoms with Gasteiger partial charge in [-0.05, 0) is 183 Å². The molecule has 13 rings (SSSR count). The molecule has 0 aliphatic carbocycles. The Labute approximate surface area is 502 Å². The van der Waals surface area contributed by atoms with E-state index in [4.69, 9.17) is 0 Å². The summed E-state index contributed by atoms with van der Waals surface area (Å²) >= 11 is 0. The van der Waals surface area contributed by atoms with E-state index in [1.165, 1.54) is 155 Å². The number of hydrogen-bond acceptors (Lipinski definition) is 0. The molecule has 0 bridgehead atoms. The summed E-state index contributed by atoms with van der Waals surface area (Å²) in [6.07, 6.45) is 0. The van der Waals surface area contributed by atoms with Crippen LogP contribution in [-0.4, -0.2) is 22.6 Å². The molecule has 9 aromatic carbocycles. The summed E-state index contributed by atoms with van der Waals surface area (Å²) in [5, 5.41) is 5.29. The lowest BCUT2D eigenvalue weighted by atomic mass is 9.31. The minimum atomic E-state index is -0.0954. The molecule has 0 unspecified atom stereocenters. The van der Waals surface area contributed by atoms with Crippen LogP contribution < -0.4 is 32.8 Å². The fraction of sp³-hybridized carbons (Fsp3) is 0.325. The highest BCUT2D eigenvalue weighted by Gasteiger charge is 2.44. The molecule has 2 nitrogen and oxygen atoms in total. The van der Waals surface area contributed by atoms with Crippen LogP contribution in [0.15, 0.2) is 158 Å². The molecular formula is C80H86B2N2. The summed E-state index contributed by atoms with van der Waals surface area (Å²) in [5.74, 6) is 2.00. The molecular weight excluding hydrogens is 1010 g/mol. The predicted octanol–water partition coefficient (Wildman–Crippen LogP) is 18.2. The Morgan fingerprint density at radius 2 is 0.690 bits per heavy atom. The minimum Gasteiger partial charge on any atom is -0.310 e. The van der Waals surface area contributed by atoms with E-state index in [0.29, 0.717) is 35.5 Å². The van der Waals surface area contributed by atoms with E-state index in [2.05, 4.69) is 291 Å². The van der Waals surface area contributed by atoms with Crippen molar-refractivity contribution in [1.29, 1.82) is 0 Å². The fourth-order valence-electron chi connectivity index (χ4n) is 14.9. The third kappa shape index (κ3) is 8.80. The van der Waals surface area contributed by atoms with Crippen molar-refractivity contribution >= 4 is 89.8 Å². The summed E-state index contributed by atoms with van der Waals surface area (Å²) in [6, 6.07) is 63.2. The van der Waals surface area contributed by atoms with Crippen molar-refractivity contribution < 1.29 is 0 Å². The van der Waals surface area contributed by atoms with Crippen LogP contribution in [0.5, 0.6) is 0 Å². The molecule has 84 heavy (non-hydrogen) atoms. The first-order valence-electron chi connectivity index (χ1n) is 31.8. The third-order valence-electron chi connectivity index (χ3n) is 19.6. The van der Waals surface area contributed by atoms with Crippen LogP contribution in [0.4, 0.5) is 0 Å². The molecule has 0 radical (unpaired) electrons. The first-order chi connectivity index (χ1) is 39.9. The summed E-state index contributed by atoms with van der Waals surface area (Å²) in [5.41, 5.74) is 32.6. The number of rotatable bonds is 10. The zero-order chi connectivity index (χ0) is 59.3. The van der Waals surface area contributed by atoms with Crippen molar-refractivity contribution in [2.45, 2.75) is 171 Å². The fourth-order valence-corrected chi connectivity index (χ4v) is 14.9. The van der Waals surface area contributed by atoms with Crippen LogP contribution in [0.1, 0.15) is 205 Å². The topological polar surface area (TPSA) is 9.86 Å². The maximum Gasteiger partial charge on any atom is 0.247 e. The normalized spacial score (nSPS) is 13.5. The molecule has 0 amide bonds. The molecule has 4 heterocycles. The first kappa shape index (κ1) is 55.9. The van der Waals surface area contributed by atoms with Crippen molar-refractivity contribution in [1.82, 2.24) is 9.13 Å². The molecule has 0 spiro atoms. The van der Waals surface area contributed by atoms with E-state index in [0.717, 1.165) is 0 Å². The third-order valence-corrected chi connectivity index (χ3v) is 19.6. The van der Waals surface area contributed by atoms with Crippen molar-refractivity contribution in [2.75, 3.05) is 0 Å². The van der Waals surface area contributed by atoms with Crippen LogP contribution in [0.2, 0.25) is 0 Å². The zero-order valence-electron chi connectivity index (χ0n) is 53.5. The van der Waals surface area contributed by atoms with Gasteiger partial charge in [-0.15, -0.1) is 0 Å². The predicted molar refractivity (Wildman–Crippen MR) is 370 cm³/mol. The number of fused-ring (bicyclic) bond motifs is 10. The van der Waals surface area contributed by atoms with Gasteiger partial charge in [-0.2, -0.15) is 0 Å². The number of aromatic nitrogens is 2. The molecule has 0 saturated carbocycles.